The van der Waals surface area contributed by atoms with Crippen LogP contribution in [0.4, 0.5) is 11.5 Å². The van der Waals surface area contributed by atoms with Crippen molar-refractivity contribution in [3.05, 3.63) is 46.4 Å². The maximum atomic E-state index is 10.8. The van der Waals surface area contributed by atoms with Gasteiger partial charge in [0, 0.05) is 23.7 Å². The quantitative estimate of drug-likeness (QED) is 0.241. The van der Waals surface area contributed by atoms with E-state index in [1.807, 2.05) is 0 Å². The molecule has 3 N–H and O–H groups in total. The first-order chi connectivity index (χ1) is 10.4. The van der Waals surface area contributed by atoms with Crippen LogP contribution in [0.2, 0.25) is 0 Å². The van der Waals surface area contributed by atoms with Gasteiger partial charge in [-0.05, 0) is 6.07 Å². The summed E-state index contributed by atoms with van der Waals surface area (Å²) in [4.78, 5) is 39.4. The summed E-state index contributed by atoms with van der Waals surface area (Å²) in [5.41, 5.74) is -0.730. The first-order valence-electron chi connectivity index (χ1n) is 5.72. The molecular formula is C12H8N4O6. The fraction of sp³-hybridized carbons (Fsp3) is 0. The molecular weight excluding hydrogens is 296 g/mol. The first-order valence-corrected chi connectivity index (χ1v) is 5.72. The fourth-order valence-electron chi connectivity index (χ4n) is 1.63. The number of non-ortho nitro benzene ring substituents is 1. The number of carboxylic acids is 2. The highest BCUT2D eigenvalue weighted by Gasteiger charge is 2.16. The third-order valence-corrected chi connectivity index (χ3v) is 2.64. The van der Waals surface area contributed by atoms with E-state index in [2.05, 4.69) is 15.3 Å². The van der Waals surface area contributed by atoms with E-state index in [1.54, 1.807) is 0 Å². The van der Waals surface area contributed by atoms with Crippen molar-refractivity contribution < 1.29 is 24.7 Å². The van der Waals surface area contributed by atoms with Crippen molar-refractivity contribution in [1.29, 1.82) is 0 Å². The van der Waals surface area contributed by atoms with E-state index in [-0.39, 0.29) is 16.9 Å². The lowest BCUT2D eigenvalue weighted by atomic mass is 10.2. The van der Waals surface area contributed by atoms with Crippen LogP contribution in [-0.2, 0) is 9.59 Å². The maximum absolute atomic E-state index is 10.8. The van der Waals surface area contributed by atoms with Crippen LogP contribution < -0.4 is 5.32 Å². The second-order valence-corrected chi connectivity index (χ2v) is 3.99. The summed E-state index contributed by atoms with van der Waals surface area (Å²) < 4.78 is 0. The van der Waals surface area contributed by atoms with Crippen molar-refractivity contribution in [2.24, 2.45) is 0 Å². The van der Waals surface area contributed by atoms with Crippen molar-refractivity contribution in [2.75, 3.05) is 5.32 Å². The molecule has 10 heteroatoms. The highest BCUT2D eigenvalue weighted by Crippen LogP contribution is 2.24. The number of carboxylic acid groups (broad SMARTS) is 2. The van der Waals surface area contributed by atoms with E-state index in [1.165, 1.54) is 18.2 Å². The van der Waals surface area contributed by atoms with Crippen molar-refractivity contribution >= 4 is 34.3 Å². The van der Waals surface area contributed by atoms with Crippen LogP contribution in [0, 0.1) is 10.1 Å². The summed E-state index contributed by atoms with van der Waals surface area (Å²) in [6.07, 6.45) is 1.90. The van der Waals surface area contributed by atoms with E-state index in [0.29, 0.717) is 5.52 Å². The Bertz CT molecular complexity index is 800. The molecule has 0 fully saturated rings. The molecule has 0 atom stereocenters. The van der Waals surface area contributed by atoms with Gasteiger partial charge in [-0.3, -0.25) is 10.1 Å². The van der Waals surface area contributed by atoms with Crippen LogP contribution in [0.15, 0.2) is 36.3 Å². The number of aromatic nitrogens is 2. The summed E-state index contributed by atoms with van der Waals surface area (Å²) in [7, 11) is 0. The molecule has 0 radical (unpaired) electrons. The lowest BCUT2D eigenvalue weighted by Gasteiger charge is -2.05. The molecule has 1 aromatic heterocycles. The number of aliphatic carboxylic acids is 2. The molecule has 0 bridgehead atoms. The Morgan fingerprint density at radius 3 is 2.50 bits per heavy atom. The number of nitrogens with one attached hydrogen (secondary N) is 1. The van der Waals surface area contributed by atoms with Crippen LogP contribution in [0.1, 0.15) is 0 Å². The normalized spacial score (nSPS) is 10.0. The smallest absolute Gasteiger partial charge is 0.344 e. The van der Waals surface area contributed by atoms with Crippen molar-refractivity contribution in [3.63, 3.8) is 0 Å². The number of carbonyl (C=O) groups is 2. The number of rotatable bonds is 5. The first kappa shape index (κ1) is 14.8. The summed E-state index contributed by atoms with van der Waals surface area (Å²) in [5.74, 6) is -3.22. The molecule has 0 unspecified atom stereocenters. The van der Waals surface area contributed by atoms with Crippen molar-refractivity contribution in [1.82, 2.24) is 9.97 Å². The Labute approximate surface area is 121 Å². The minimum absolute atomic E-state index is 0.0497. The van der Waals surface area contributed by atoms with Gasteiger partial charge in [-0.1, -0.05) is 0 Å². The van der Waals surface area contributed by atoms with E-state index < -0.39 is 22.4 Å². The van der Waals surface area contributed by atoms with Crippen LogP contribution in [-0.4, -0.2) is 37.0 Å². The standard InChI is InChI=1S/C12H8N4O6/c17-11(18)8(12(19)20)4-13-10-7-3-6(16(21)22)1-2-9(7)14-5-15-10/h1-5H,(H,17,18)(H,19,20)(H,13,14,15). The molecule has 22 heavy (non-hydrogen) atoms. The SMILES string of the molecule is O=C(O)C(=CNc1ncnc2ccc([N+](=O)[O-])cc12)C(=O)O. The zero-order valence-corrected chi connectivity index (χ0v) is 10.8. The number of nitro benzene ring substituents is 1. The van der Waals surface area contributed by atoms with Gasteiger partial charge in [0.2, 0.25) is 0 Å². The molecule has 0 aliphatic heterocycles. The summed E-state index contributed by atoms with van der Waals surface area (Å²) >= 11 is 0. The molecule has 1 aromatic carbocycles. The van der Waals surface area contributed by atoms with E-state index in [9.17, 15) is 19.7 Å². The van der Waals surface area contributed by atoms with Gasteiger partial charge in [0.1, 0.15) is 12.1 Å². The maximum Gasteiger partial charge on any atom is 0.344 e. The predicted octanol–water partition coefficient (Wildman–Crippen LogP) is 1.00. The van der Waals surface area contributed by atoms with E-state index >= 15 is 0 Å². The second kappa shape index (κ2) is 5.83. The van der Waals surface area contributed by atoms with Crippen LogP contribution in [0.25, 0.3) is 10.9 Å². The minimum atomic E-state index is -1.63. The number of benzene rings is 1. The number of anilines is 1. The zero-order chi connectivity index (χ0) is 16.3. The number of hydrogen-bond acceptors (Lipinski definition) is 7. The van der Waals surface area contributed by atoms with Gasteiger partial charge in [-0.25, -0.2) is 19.6 Å². The fourth-order valence-corrected chi connectivity index (χ4v) is 1.63. The Morgan fingerprint density at radius 2 is 1.91 bits per heavy atom. The molecule has 0 spiro atoms. The molecule has 112 valence electrons. The highest BCUT2D eigenvalue weighted by molar-refractivity contribution is 6.12. The van der Waals surface area contributed by atoms with Crippen LogP contribution in [0.5, 0.6) is 0 Å². The van der Waals surface area contributed by atoms with E-state index in [0.717, 1.165) is 12.5 Å². The number of nitrogens with zero attached hydrogens (tertiary/aromatic N) is 3. The predicted molar refractivity (Wildman–Crippen MR) is 73.2 cm³/mol. The average Bonchev–Trinajstić information content (AvgIpc) is 2.46. The van der Waals surface area contributed by atoms with Gasteiger partial charge in [-0.15, -0.1) is 0 Å². The summed E-state index contributed by atoms with van der Waals surface area (Å²) in [5, 5.41) is 30.9. The van der Waals surface area contributed by atoms with Gasteiger partial charge >= 0.3 is 11.9 Å². The highest BCUT2D eigenvalue weighted by atomic mass is 16.6. The Kier molecular flexibility index (Phi) is 3.93. The van der Waals surface area contributed by atoms with Gasteiger partial charge in [-0.2, -0.15) is 0 Å². The molecule has 10 nitrogen and oxygen atoms in total. The number of nitro groups is 1. The molecule has 0 aliphatic carbocycles. The van der Waals surface area contributed by atoms with E-state index in [4.69, 9.17) is 10.2 Å². The van der Waals surface area contributed by atoms with Gasteiger partial charge < -0.3 is 15.5 Å². The average molecular weight is 304 g/mol. The number of fused-ring (bicyclic) bond motifs is 1. The van der Waals surface area contributed by atoms with Gasteiger partial charge in [0.25, 0.3) is 5.69 Å². The summed E-state index contributed by atoms with van der Waals surface area (Å²) in [6.45, 7) is 0. The van der Waals surface area contributed by atoms with Crippen LogP contribution in [0.3, 0.4) is 0 Å². The Morgan fingerprint density at radius 1 is 1.23 bits per heavy atom. The van der Waals surface area contributed by atoms with Crippen molar-refractivity contribution in [3.8, 4) is 0 Å². The molecule has 0 amide bonds. The molecule has 1 heterocycles. The summed E-state index contributed by atoms with van der Waals surface area (Å²) in [6, 6.07) is 3.86. The zero-order valence-electron chi connectivity index (χ0n) is 10.8. The molecule has 0 saturated heterocycles. The second-order valence-electron chi connectivity index (χ2n) is 3.99. The largest absolute Gasteiger partial charge is 0.477 e. The van der Waals surface area contributed by atoms with Gasteiger partial charge in [0.15, 0.2) is 5.57 Å². The Balaban J connectivity index is 2.49. The third kappa shape index (κ3) is 2.95. The molecule has 0 saturated carbocycles. The monoisotopic (exact) mass is 304 g/mol. The van der Waals surface area contributed by atoms with Crippen molar-refractivity contribution in [2.45, 2.75) is 0 Å². The molecule has 2 rings (SSSR count). The Hall–Kier alpha value is -3.56. The molecule has 2 aromatic rings. The minimum Gasteiger partial charge on any atom is -0.477 e. The lowest BCUT2D eigenvalue weighted by molar-refractivity contribution is -0.384. The number of hydrogen-bond donors (Lipinski definition) is 3. The lowest BCUT2D eigenvalue weighted by Crippen LogP contribution is -2.13. The third-order valence-electron chi connectivity index (χ3n) is 2.64. The van der Waals surface area contributed by atoms with Crippen LogP contribution >= 0.6 is 0 Å². The van der Waals surface area contributed by atoms with Gasteiger partial charge in [0.05, 0.1) is 10.4 Å². The topological polar surface area (TPSA) is 156 Å². The molecule has 0 aliphatic rings.